The predicted molar refractivity (Wildman–Crippen MR) is 105 cm³/mol. The lowest BCUT2D eigenvalue weighted by molar-refractivity contribution is 0.473. The molecule has 2 aromatic carbocycles. The molecule has 1 aromatic heterocycles. The zero-order valence-corrected chi connectivity index (χ0v) is 16.2. The Labute approximate surface area is 162 Å². The Morgan fingerprint density at radius 3 is 2.04 bits per heavy atom. The van der Waals surface area contributed by atoms with Gasteiger partial charge < -0.3 is 4.42 Å². The number of rotatable bonds is 8. The van der Waals surface area contributed by atoms with Crippen LogP contribution in [0.4, 0.5) is 5.69 Å². The monoisotopic (exact) mass is 419 g/mol. The fourth-order valence-electron chi connectivity index (χ4n) is 2.26. The highest BCUT2D eigenvalue weighted by Gasteiger charge is 2.19. The van der Waals surface area contributed by atoms with Crippen molar-refractivity contribution >= 4 is 31.6 Å². The van der Waals surface area contributed by atoms with Gasteiger partial charge in [0.2, 0.25) is 21.8 Å². The third kappa shape index (κ3) is 6.03. The second kappa shape index (κ2) is 8.36. The van der Waals surface area contributed by atoms with Gasteiger partial charge in [-0.1, -0.05) is 48.5 Å². The van der Waals surface area contributed by atoms with E-state index in [1.54, 1.807) is 54.6 Å². The molecule has 8 nitrogen and oxygen atoms in total. The van der Waals surface area contributed by atoms with Crippen LogP contribution >= 0.6 is 0 Å². The molecule has 3 rings (SSSR count). The highest BCUT2D eigenvalue weighted by atomic mass is 32.2. The number of hydrogen-bond acceptors (Lipinski definition) is 7. The lowest BCUT2D eigenvalue weighted by atomic mass is 10.2. The average molecular weight is 419 g/mol. The number of nitrogens with zero attached hydrogens (tertiary/aromatic N) is 2. The Hall–Kier alpha value is -2.98. The summed E-state index contributed by atoms with van der Waals surface area (Å²) in [6, 6.07) is 17.3. The summed E-state index contributed by atoms with van der Waals surface area (Å²) in [5.74, 6) is -1.45. The van der Waals surface area contributed by atoms with Crippen LogP contribution < -0.4 is 4.72 Å². The number of hydrogen-bond donors (Lipinski definition) is 1. The van der Waals surface area contributed by atoms with Crippen molar-refractivity contribution in [2.45, 2.75) is 11.5 Å². The highest BCUT2D eigenvalue weighted by Crippen LogP contribution is 2.14. The molecule has 146 valence electrons. The molecule has 0 atom stereocenters. The summed E-state index contributed by atoms with van der Waals surface area (Å²) in [5, 5.41) is 8.30. The third-order valence-electron chi connectivity index (χ3n) is 3.46. The van der Waals surface area contributed by atoms with Gasteiger partial charge in [0.25, 0.3) is 0 Å². The van der Waals surface area contributed by atoms with Crippen LogP contribution in [0.25, 0.3) is 6.08 Å². The maximum Gasteiger partial charge on any atom is 0.241 e. The first-order valence-corrected chi connectivity index (χ1v) is 11.5. The molecule has 1 N–H and O–H groups in total. The molecular weight excluding hydrogens is 402 g/mol. The van der Waals surface area contributed by atoms with Crippen LogP contribution in [0.1, 0.15) is 17.3 Å². The van der Waals surface area contributed by atoms with E-state index in [0.717, 1.165) is 11.0 Å². The molecule has 1 heterocycles. The summed E-state index contributed by atoms with van der Waals surface area (Å²) in [5.41, 5.74) is 1.13. The summed E-state index contributed by atoms with van der Waals surface area (Å²) in [4.78, 5) is 0. The van der Waals surface area contributed by atoms with E-state index in [0.29, 0.717) is 5.69 Å². The van der Waals surface area contributed by atoms with Crippen LogP contribution in [0.2, 0.25) is 0 Å². The van der Waals surface area contributed by atoms with Gasteiger partial charge in [0, 0.05) is 11.1 Å². The van der Waals surface area contributed by atoms with Crippen molar-refractivity contribution in [1.29, 1.82) is 0 Å². The summed E-state index contributed by atoms with van der Waals surface area (Å²) < 4.78 is 56.2. The van der Waals surface area contributed by atoms with Crippen molar-refractivity contribution in [3.05, 3.63) is 83.4 Å². The Morgan fingerprint density at radius 1 is 0.821 bits per heavy atom. The van der Waals surface area contributed by atoms with E-state index in [4.69, 9.17) is 4.42 Å². The first-order valence-electron chi connectivity index (χ1n) is 8.14. The summed E-state index contributed by atoms with van der Waals surface area (Å²) >= 11 is 0. The minimum absolute atomic E-state index is 0.178. The Morgan fingerprint density at radius 2 is 1.39 bits per heavy atom. The minimum atomic E-state index is -3.77. The van der Waals surface area contributed by atoms with Crippen LogP contribution in [-0.4, -0.2) is 27.0 Å². The Balaban J connectivity index is 1.64. The van der Waals surface area contributed by atoms with Crippen LogP contribution in [0.15, 0.2) is 70.5 Å². The maximum atomic E-state index is 12.2. The number of benzene rings is 2. The molecule has 0 saturated heterocycles. The minimum Gasteiger partial charge on any atom is -0.423 e. The molecule has 0 aliphatic rings. The summed E-state index contributed by atoms with van der Waals surface area (Å²) in [7, 11) is -7.43. The summed E-state index contributed by atoms with van der Waals surface area (Å²) in [6.07, 6.45) is 1.46. The van der Waals surface area contributed by atoms with Gasteiger partial charge in [-0.3, -0.25) is 4.72 Å². The van der Waals surface area contributed by atoms with Gasteiger partial charge in [-0.2, -0.15) is 0 Å². The number of anilines is 1. The lowest BCUT2D eigenvalue weighted by Crippen LogP contribution is -2.15. The van der Waals surface area contributed by atoms with E-state index >= 15 is 0 Å². The van der Waals surface area contributed by atoms with Crippen molar-refractivity contribution in [2.75, 3.05) is 4.72 Å². The van der Waals surface area contributed by atoms with Gasteiger partial charge in [0.05, 0.1) is 0 Å². The molecule has 0 aliphatic heterocycles. The van der Waals surface area contributed by atoms with Crippen molar-refractivity contribution in [1.82, 2.24) is 10.2 Å². The first kappa shape index (κ1) is 19.8. The van der Waals surface area contributed by atoms with Crippen LogP contribution in [-0.2, 0) is 31.4 Å². The molecule has 0 unspecified atom stereocenters. The molecule has 0 amide bonds. The number of sulfone groups is 1. The van der Waals surface area contributed by atoms with Gasteiger partial charge >= 0.3 is 0 Å². The zero-order chi connectivity index (χ0) is 20.0. The van der Waals surface area contributed by atoms with E-state index in [-0.39, 0.29) is 11.8 Å². The SMILES string of the molecule is O=S(=O)(/C=C\c1ccccc1)Cc1nnc(CS(=O)(=O)Nc2ccccc2)o1. The molecule has 0 radical (unpaired) electrons. The predicted octanol–water partition coefficient (Wildman–Crippen LogP) is 2.60. The smallest absolute Gasteiger partial charge is 0.241 e. The van der Waals surface area contributed by atoms with Crippen molar-refractivity contribution in [3.8, 4) is 0 Å². The second-order valence-electron chi connectivity index (χ2n) is 5.84. The number of aromatic nitrogens is 2. The largest absolute Gasteiger partial charge is 0.423 e. The number of nitrogens with one attached hydrogen (secondary N) is 1. The van der Waals surface area contributed by atoms with Crippen LogP contribution in [0.5, 0.6) is 0 Å². The Kier molecular flexibility index (Phi) is 5.90. The first-order chi connectivity index (χ1) is 13.3. The molecule has 0 spiro atoms. The van der Waals surface area contributed by atoms with E-state index < -0.39 is 31.4 Å². The van der Waals surface area contributed by atoms with E-state index in [9.17, 15) is 16.8 Å². The summed E-state index contributed by atoms with van der Waals surface area (Å²) in [6.45, 7) is 0. The number of para-hydroxylation sites is 1. The van der Waals surface area contributed by atoms with Gasteiger partial charge in [0.15, 0.2) is 9.84 Å². The molecule has 0 fully saturated rings. The Bertz CT molecular complexity index is 1160. The molecule has 28 heavy (non-hydrogen) atoms. The normalized spacial score (nSPS) is 12.3. The van der Waals surface area contributed by atoms with Crippen molar-refractivity contribution in [3.63, 3.8) is 0 Å². The van der Waals surface area contributed by atoms with E-state index in [2.05, 4.69) is 14.9 Å². The third-order valence-corrected chi connectivity index (χ3v) is 5.84. The standard InChI is InChI=1S/C18H17N3O5S2/c22-27(23,12-11-15-7-3-1-4-8-15)13-17-19-20-18(26-17)14-28(24,25)21-16-9-5-2-6-10-16/h1-12,21H,13-14H2/b12-11-. The second-order valence-corrected chi connectivity index (χ2v) is 9.45. The molecule has 3 aromatic rings. The molecule has 0 bridgehead atoms. The van der Waals surface area contributed by atoms with Crippen LogP contribution in [0.3, 0.4) is 0 Å². The van der Waals surface area contributed by atoms with Gasteiger partial charge in [-0.15, -0.1) is 10.2 Å². The fraction of sp³-hybridized carbons (Fsp3) is 0.111. The number of sulfonamides is 1. The topological polar surface area (TPSA) is 119 Å². The maximum absolute atomic E-state index is 12.2. The zero-order valence-electron chi connectivity index (χ0n) is 14.6. The van der Waals surface area contributed by atoms with Crippen LogP contribution in [0, 0.1) is 0 Å². The van der Waals surface area contributed by atoms with Crippen molar-refractivity contribution in [2.24, 2.45) is 0 Å². The van der Waals surface area contributed by atoms with E-state index in [1.807, 2.05) is 6.07 Å². The highest BCUT2D eigenvalue weighted by molar-refractivity contribution is 7.93. The van der Waals surface area contributed by atoms with E-state index in [1.165, 1.54) is 6.08 Å². The molecule has 10 heteroatoms. The molecular formula is C18H17N3O5S2. The molecule has 0 saturated carbocycles. The van der Waals surface area contributed by atoms with Gasteiger partial charge in [0.1, 0.15) is 11.5 Å². The fourth-order valence-corrected chi connectivity index (χ4v) is 4.19. The lowest BCUT2D eigenvalue weighted by Gasteiger charge is -2.05. The molecule has 0 aliphatic carbocycles. The quantitative estimate of drug-likeness (QED) is 0.596. The van der Waals surface area contributed by atoms with Gasteiger partial charge in [-0.05, 0) is 23.8 Å². The van der Waals surface area contributed by atoms with Gasteiger partial charge in [-0.25, -0.2) is 16.8 Å². The van der Waals surface area contributed by atoms with Crippen molar-refractivity contribution < 1.29 is 21.3 Å². The average Bonchev–Trinajstić information content (AvgIpc) is 3.06.